The van der Waals surface area contributed by atoms with Crippen LogP contribution in [0.15, 0.2) is 35.7 Å². The molecular formula is C25H30N2O6S. The Hall–Kier alpha value is -3.20. The van der Waals surface area contributed by atoms with Crippen molar-refractivity contribution < 1.29 is 28.7 Å². The minimum atomic E-state index is -1.07. The Balaban J connectivity index is 1.70. The molecule has 1 aromatic heterocycles. The Morgan fingerprint density at radius 2 is 1.91 bits per heavy atom. The van der Waals surface area contributed by atoms with E-state index in [0.29, 0.717) is 42.9 Å². The summed E-state index contributed by atoms with van der Waals surface area (Å²) in [7, 11) is 0. The Bertz CT molecular complexity index is 1040. The third kappa shape index (κ3) is 6.02. The molecule has 2 amide bonds. The number of thiophene rings is 1. The maximum absolute atomic E-state index is 12.8. The van der Waals surface area contributed by atoms with E-state index in [1.807, 2.05) is 30.3 Å². The Labute approximate surface area is 203 Å². The van der Waals surface area contributed by atoms with Gasteiger partial charge in [-0.15, -0.1) is 11.3 Å². The molecule has 1 fully saturated rings. The summed E-state index contributed by atoms with van der Waals surface area (Å²) < 4.78 is 10.6. The fourth-order valence-electron chi connectivity index (χ4n) is 3.84. The number of ether oxygens (including phenoxy) is 2. The van der Waals surface area contributed by atoms with Crippen LogP contribution in [0.4, 0.5) is 5.00 Å². The molecule has 9 heteroatoms. The number of rotatable bonds is 8. The highest BCUT2D eigenvalue weighted by atomic mass is 32.1. The zero-order valence-corrected chi connectivity index (χ0v) is 20.5. The van der Waals surface area contributed by atoms with Crippen LogP contribution < -0.4 is 5.32 Å². The van der Waals surface area contributed by atoms with Gasteiger partial charge in [0.1, 0.15) is 10.6 Å². The number of nitrogens with zero attached hydrogens (tertiary/aromatic N) is 1. The van der Waals surface area contributed by atoms with Crippen molar-refractivity contribution in [3.05, 3.63) is 41.3 Å². The summed E-state index contributed by atoms with van der Waals surface area (Å²) in [6, 6.07) is 9.35. The van der Waals surface area contributed by atoms with Crippen LogP contribution in [0.1, 0.15) is 50.4 Å². The van der Waals surface area contributed by atoms with Crippen molar-refractivity contribution in [3.63, 3.8) is 0 Å². The van der Waals surface area contributed by atoms with E-state index in [9.17, 15) is 19.2 Å². The number of nitrogens with one attached hydrogen (secondary N) is 1. The van der Waals surface area contributed by atoms with Gasteiger partial charge in [0.15, 0.2) is 6.10 Å². The van der Waals surface area contributed by atoms with Gasteiger partial charge in [0.05, 0.1) is 12.5 Å². The molecule has 1 saturated heterocycles. The highest BCUT2D eigenvalue weighted by molar-refractivity contribution is 7.15. The molecule has 2 heterocycles. The van der Waals surface area contributed by atoms with E-state index >= 15 is 0 Å². The first-order valence-electron chi connectivity index (χ1n) is 11.5. The van der Waals surface area contributed by atoms with Crippen molar-refractivity contribution in [2.45, 2.75) is 46.1 Å². The molecular weight excluding hydrogens is 456 g/mol. The van der Waals surface area contributed by atoms with E-state index in [0.717, 1.165) is 5.56 Å². The first kappa shape index (κ1) is 25.4. The molecule has 1 aliphatic heterocycles. The molecule has 1 aromatic carbocycles. The normalized spacial score (nSPS) is 16.4. The lowest BCUT2D eigenvalue weighted by molar-refractivity contribution is -0.159. The maximum atomic E-state index is 12.8. The van der Waals surface area contributed by atoms with E-state index in [1.165, 1.54) is 18.3 Å². The number of likely N-dealkylation sites (tertiary alicyclic amines) is 1. The fourth-order valence-corrected chi connectivity index (χ4v) is 4.80. The van der Waals surface area contributed by atoms with Crippen LogP contribution >= 0.6 is 11.3 Å². The quantitative estimate of drug-likeness (QED) is 0.564. The highest BCUT2D eigenvalue weighted by Gasteiger charge is 2.31. The summed E-state index contributed by atoms with van der Waals surface area (Å²) in [6.45, 7) is 6.12. The Morgan fingerprint density at radius 3 is 2.59 bits per heavy atom. The number of anilines is 1. The third-order valence-electron chi connectivity index (χ3n) is 5.66. The molecule has 34 heavy (non-hydrogen) atoms. The number of carbonyl (C=O) groups is 4. The number of esters is 2. The third-order valence-corrected chi connectivity index (χ3v) is 6.56. The van der Waals surface area contributed by atoms with Crippen LogP contribution in [0.5, 0.6) is 0 Å². The van der Waals surface area contributed by atoms with Crippen molar-refractivity contribution in [1.82, 2.24) is 4.90 Å². The molecule has 0 bridgehead atoms. The van der Waals surface area contributed by atoms with Crippen molar-refractivity contribution >= 4 is 40.1 Å². The summed E-state index contributed by atoms with van der Waals surface area (Å²) in [5.74, 6) is -2.04. The molecule has 2 unspecified atom stereocenters. The Morgan fingerprint density at radius 1 is 1.18 bits per heavy atom. The van der Waals surface area contributed by atoms with Crippen molar-refractivity contribution in [1.29, 1.82) is 0 Å². The summed E-state index contributed by atoms with van der Waals surface area (Å²) >= 11 is 1.21. The molecule has 2 atom stereocenters. The SMILES string of the molecule is CCOC(=O)c1c(-c2ccccc2)csc1NC(=O)C(C)OC(=O)C1CCCN(C(=O)CC)C1. The van der Waals surface area contributed by atoms with Gasteiger partial charge in [0, 0.05) is 30.5 Å². The molecule has 1 aliphatic rings. The molecule has 0 aliphatic carbocycles. The maximum Gasteiger partial charge on any atom is 0.341 e. The predicted octanol–water partition coefficient (Wildman–Crippen LogP) is 4.11. The fraction of sp³-hybridized carbons (Fsp3) is 0.440. The number of amides is 2. The lowest BCUT2D eigenvalue weighted by Crippen LogP contribution is -2.43. The summed E-state index contributed by atoms with van der Waals surface area (Å²) in [5, 5.41) is 4.84. The second-order valence-electron chi connectivity index (χ2n) is 8.04. The van der Waals surface area contributed by atoms with Crippen LogP contribution in [-0.2, 0) is 23.9 Å². The van der Waals surface area contributed by atoms with E-state index in [1.54, 1.807) is 24.1 Å². The molecule has 1 N–H and O–H groups in total. The first-order valence-corrected chi connectivity index (χ1v) is 12.4. The van der Waals surface area contributed by atoms with E-state index in [4.69, 9.17) is 9.47 Å². The molecule has 8 nitrogen and oxygen atoms in total. The first-order chi connectivity index (χ1) is 16.3. The number of piperidine rings is 1. The summed E-state index contributed by atoms with van der Waals surface area (Å²) in [5.41, 5.74) is 1.75. The molecule has 3 rings (SSSR count). The van der Waals surface area contributed by atoms with Gasteiger partial charge in [-0.2, -0.15) is 0 Å². The summed E-state index contributed by atoms with van der Waals surface area (Å²) in [4.78, 5) is 51.8. The van der Waals surface area contributed by atoms with Crippen LogP contribution in [0.3, 0.4) is 0 Å². The van der Waals surface area contributed by atoms with Gasteiger partial charge in [-0.05, 0) is 32.3 Å². The number of benzene rings is 1. The number of hydrogen-bond acceptors (Lipinski definition) is 7. The van der Waals surface area contributed by atoms with Crippen LogP contribution in [-0.4, -0.2) is 54.5 Å². The van der Waals surface area contributed by atoms with Crippen LogP contribution in [0.2, 0.25) is 0 Å². The Kier molecular flexibility index (Phi) is 8.81. The second-order valence-corrected chi connectivity index (χ2v) is 8.92. The van der Waals surface area contributed by atoms with Crippen molar-refractivity contribution in [2.75, 3.05) is 25.0 Å². The van der Waals surface area contributed by atoms with Gasteiger partial charge in [0.25, 0.3) is 5.91 Å². The highest BCUT2D eigenvalue weighted by Crippen LogP contribution is 2.36. The molecule has 0 radical (unpaired) electrons. The zero-order valence-electron chi connectivity index (χ0n) is 19.7. The molecule has 182 valence electrons. The molecule has 0 saturated carbocycles. The average molecular weight is 487 g/mol. The average Bonchev–Trinajstić information content (AvgIpc) is 3.27. The van der Waals surface area contributed by atoms with Gasteiger partial charge in [0.2, 0.25) is 5.91 Å². The minimum absolute atomic E-state index is 0.00158. The van der Waals surface area contributed by atoms with Gasteiger partial charge >= 0.3 is 11.9 Å². The molecule has 2 aromatic rings. The van der Waals surface area contributed by atoms with Gasteiger partial charge in [-0.25, -0.2) is 4.79 Å². The van der Waals surface area contributed by atoms with Crippen LogP contribution in [0.25, 0.3) is 11.1 Å². The summed E-state index contributed by atoms with van der Waals surface area (Å²) in [6.07, 6.45) is 0.641. The zero-order chi connectivity index (χ0) is 24.7. The number of hydrogen-bond donors (Lipinski definition) is 1. The van der Waals surface area contributed by atoms with E-state index < -0.39 is 29.9 Å². The van der Waals surface area contributed by atoms with E-state index in [2.05, 4.69) is 5.32 Å². The predicted molar refractivity (Wildman–Crippen MR) is 129 cm³/mol. The van der Waals surface area contributed by atoms with Crippen LogP contribution in [0, 0.1) is 5.92 Å². The van der Waals surface area contributed by atoms with E-state index in [-0.39, 0.29) is 18.1 Å². The van der Waals surface area contributed by atoms with Gasteiger partial charge < -0.3 is 19.7 Å². The van der Waals surface area contributed by atoms with Gasteiger partial charge in [-0.1, -0.05) is 37.3 Å². The topological polar surface area (TPSA) is 102 Å². The molecule has 0 spiro atoms. The minimum Gasteiger partial charge on any atom is -0.462 e. The monoisotopic (exact) mass is 486 g/mol. The van der Waals surface area contributed by atoms with Crippen molar-refractivity contribution in [2.24, 2.45) is 5.92 Å². The lowest BCUT2D eigenvalue weighted by Gasteiger charge is -2.31. The smallest absolute Gasteiger partial charge is 0.341 e. The lowest BCUT2D eigenvalue weighted by atomic mass is 9.98. The standard InChI is InChI=1S/C25H30N2O6S/c1-4-20(28)27-13-9-12-18(14-27)24(30)33-16(3)22(29)26-23-21(25(31)32-5-2)19(15-34-23)17-10-7-6-8-11-17/h6-8,10-11,15-16,18H,4-5,9,12-14H2,1-3H3,(H,26,29). The second kappa shape index (κ2) is 11.8. The van der Waals surface area contributed by atoms with Crippen molar-refractivity contribution in [3.8, 4) is 11.1 Å². The van der Waals surface area contributed by atoms with Gasteiger partial charge in [-0.3, -0.25) is 14.4 Å². The largest absolute Gasteiger partial charge is 0.462 e. The number of carbonyl (C=O) groups excluding carboxylic acids is 4.